The minimum Gasteiger partial charge on any atom is -0.489 e. The molecule has 0 spiro atoms. The highest BCUT2D eigenvalue weighted by Gasteiger charge is 2.42. The zero-order valence-corrected chi connectivity index (χ0v) is 29.2. The summed E-state index contributed by atoms with van der Waals surface area (Å²) in [6.07, 6.45) is 20.0. The highest BCUT2D eigenvalue weighted by Crippen LogP contribution is 2.55. The highest BCUT2D eigenvalue weighted by atomic mass is 16.5. The van der Waals surface area contributed by atoms with E-state index in [4.69, 9.17) is 4.74 Å². The molecule has 0 aliphatic heterocycles. The number of nitrogens with zero attached hydrogens (tertiary/aromatic N) is 1. The van der Waals surface area contributed by atoms with Gasteiger partial charge in [-0.1, -0.05) is 146 Å². The van der Waals surface area contributed by atoms with Crippen LogP contribution in [-0.2, 0) is 12.0 Å². The minimum atomic E-state index is 0.0985. The Morgan fingerprint density at radius 3 is 1.80 bits per heavy atom. The second-order valence-electron chi connectivity index (χ2n) is 13.9. The van der Waals surface area contributed by atoms with E-state index in [9.17, 15) is 0 Å². The van der Waals surface area contributed by atoms with Crippen molar-refractivity contribution in [1.29, 1.82) is 0 Å². The third-order valence-corrected chi connectivity index (χ3v) is 10.1. The van der Waals surface area contributed by atoms with E-state index in [0.29, 0.717) is 6.61 Å². The number of benzene rings is 3. The second-order valence-corrected chi connectivity index (χ2v) is 13.9. The van der Waals surface area contributed by atoms with Crippen molar-refractivity contribution in [2.75, 3.05) is 0 Å². The van der Waals surface area contributed by atoms with Gasteiger partial charge in [0.05, 0.1) is 0 Å². The lowest BCUT2D eigenvalue weighted by Gasteiger charge is -2.33. The Bertz CT molecular complexity index is 1520. The van der Waals surface area contributed by atoms with Crippen LogP contribution in [0.4, 0.5) is 0 Å². The van der Waals surface area contributed by atoms with Crippen molar-refractivity contribution in [3.63, 3.8) is 0 Å². The van der Waals surface area contributed by atoms with E-state index in [1.165, 1.54) is 119 Å². The van der Waals surface area contributed by atoms with Crippen molar-refractivity contribution < 1.29 is 4.74 Å². The molecule has 0 N–H and O–H groups in total. The van der Waals surface area contributed by atoms with Crippen molar-refractivity contribution in [3.8, 4) is 28.0 Å². The Balaban J connectivity index is 1.41. The summed E-state index contributed by atoms with van der Waals surface area (Å²) in [4.78, 5) is 4.52. The van der Waals surface area contributed by atoms with Crippen molar-refractivity contribution in [3.05, 3.63) is 107 Å². The Labute approximate surface area is 280 Å². The van der Waals surface area contributed by atoms with Gasteiger partial charge in [0.15, 0.2) is 0 Å². The molecule has 0 fully saturated rings. The topological polar surface area (TPSA) is 22.1 Å². The Morgan fingerprint density at radius 1 is 0.543 bits per heavy atom. The van der Waals surface area contributed by atoms with Crippen molar-refractivity contribution in [2.24, 2.45) is 0 Å². The van der Waals surface area contributed by atoms with E-state index in [1.54, 1.807) is 11.1 Å². The molecule has 1 aliphatic carbocycles. The monoisotopic (exact) mass is 615 g/mol. The van der Waals surface area contributed by atoms with Crippen LogP contribution < -0.4 is 4.74 Å². The van der Waals surface area contributed by atoms with Gasteiger partial charge < -0.3 is 4.74 Å². The van der Waals surface area contributed by atoms with Crippen LogP contribution >= 0.6 is 0 Å². The van der Waals surface area contributed by atoms with Gasteiger partial charge in [0.2, 0.25) is 0 Å². The molecule has 1 aliphatic rings. The summed E-state index contributed by atoms with van der Waals surface area (Å²) in [7, 11) is 0. The molecule has 2 nitrogen and oxygen atoms in total. The summed E-state index contributed by atoms with van der Waals surface area (Å²) in [5, 5.41) is 0. The SMILES string of the molecule is CCCCCCCCCC1(CCCCCCCC)c2ccccc2-c2ccc(-c3cccc(OCc4cc(C)nc(C)c4)c3)cc21. The Kier molecular flexibility index (Phi) is 12.5. The van der Waals surface area contributed by atoms with Crippen molar-refractivity contribution >= 4 is 0 Å². The van der Waals surface area contributed by atoms with Crippen molar-refractivity contribution in [2.45, 2.75) is 136 Å². The number of ether oxygens (including phenoxy) is 1. The number of rotatable bonds is 19. The summed E-state index contributed by atoms with van der Waals surface area (Å²) >= 11 is 0. The summed E-state index contributed by atoms with van der Waals surface area (Å²) in [5.74, 6) is 0.912. The standard InChI is InChI=1S/C44H57NO/c1-5-7-9-11-13-15-19-28-44(27-18-14-12-10-8-6-2)42-24-17-16-23-40(42)41-26-25-38(32-43(41)44)37-21-20-22-39(31-37)46-33-36-29-34(3)45-35(4)30-36/h16-17,20-26,29-32H,5-15,18-19,27-28,33H2,1-4H3. The van der Waals surface area contributed by atoms with Gasteiger partial charge in [-0.05, 0) is 96.0 Å². The van der Waals surface area contributed by atoms with E-state index in [-0.39, 0.29) is 5.41 Å². The number of hydrogen-bond acceptors (Lipinski definition) is 2. The third kappa shape index (κ3) is 8.49. The van der Waals surface area contributed by atoms with Gasteiger partial charge in [0, 0.05) is 16.8 Å². The molecule has 0 saturated carbocycles. The molecule has 0 amide bonds. The largest absolute Gasteiger partial charge is 0.489 e. The fourth-order valence-corrected chi connectivity index (χ4v) is 7.83. The van der Waals surface area contributed by atoms with E-state index in [2.05, 4.69) is 97.7 Å². The Morgan fingerprint density at radius 2 is 1.13 bits per heavy atom. The first kappa shape index (κ1) is 34.0. The van der Waals surface area contributed by atoms with Gasteiger partial charge in [0.1, 0.15) is 12.4 Å². The molecule has 1 aromatic heterocycles. The van der Waals surface area contributed by atoms with Crippen LogP contribution in [0.15, 0.2) is 78.9 Å². The van der Waals surface area contributed by atoms with Crippen LogP contribution in [0.1, 0.15) is 138 Å². The zero-order valence-electron chi connectivity index (χ0n) is 29.2. The van der Waals surface area contributed by atoms with Crippen molar-refractivity contribution in [1.82, 2.24) is 4.98 Å². The van der Waals surface area contributed by atoms with Gasteiger partial charge in [-0.25, -0.2) is 0 Å². The molecule has 5 rings (SSSR count). The van der Waals surface area contributed by atoms with E-state index >= 15 is 0 Å². The summed E-state index contributed by atoms with van der Waals surface area (Å²) in [6, 6.07) is 29.5. The third-order valence-electron chi connectivity index (χ3n) is 10.1. The van der Waals surface area contributed by atoms with E-state index in [1.807, 2.05) is 13.8 Å². The molecular weight excluding hydrogens is 558 g/mol. The average Bonchev–Trinajstić information content (AvgIpc) is 3.34. The molecule has 244 valence electrons. The molecule has 0 bridgehead atoms. The van der Waals surface area contributed by atoms with Crippen LogP contribution in [0.5, 0.6) is 5.75 Å². The Hall–Kier alpha value is -3.39. The molecule has 3 aromatic carbocycles. The van der Waals surface area contributed by atoms with Crippen LogP contribution in [0, 0.1) is 13.8 Å². The first-order valence-corrected chi connectivity index (χ1v) is 18.5. The van der Waals surface area contributed by atoms with Crippen LogP contribution in [-0.4, -0.2) is 4.98 Å². The normalized spacial score (nSPS) is 15.1. The van der Waals surface area contributed by atoms with Gasteiger partial charge in [-0.15, -0.1) is 0 Å². The fourth-order valence-electron chi connectivity index (χ4n) is 7.83. The first-order chi connectivity index (χ1) is 22.5. The maximum Gasteiger partial charge on any atom is 0.120 e. The van der Waals surface area contributed by atoms with Crippen LogP contribution in [0.3, 0.4) is 0 Å². The molecule has 1 atom stereocenters. The highest BCUT2D eigenvalue weighted by molar-refractivity contribution is 5.84. The molecule has 46 heavy (non-hydrogen) atoms. The number of unbranched alkanes of at least 4 members (excludes halogenated alkanes) is 11. The first-order valence-electron chi connectivity index (χ1n) is 18.5. The van der Waals surface area contributed by atoms with Crippen LogP contribution in [0.25, 0.3) is 22.3 Å². The summed E-state index contributed by atoms with van der Waals surface area (Å²) in [5.41, 5.74) is 11.9. The molecule has 0 saturated heterocycles. The molecular formula is C44H57NO. The van der Waals surface area contributed by atoms with Gasteiger partial charge >= 0.3 is 0 Å². The quantitative estimate of drug-likeness (QED) is 0.0979. The molecule has 1 heterocycles. The van der Waals surface area contributed by atoms with E-state index in [0.717, 1.165) is 22.7 Å². The number of aryl methyl sites for hydroxylation is 2. The zero-order chi connectivity index (χ0) is 32.2. The number of pyridine rings is 1. The van der Waals surface area contributed by atoms with Gasteiger partial charge in [-0.2, -0.15) is 0 Å². The predicted molar refractivity (Wildman–Crippen MR) is 197 cm³/mol. The number of fused-ring (bicyclic) bond motifs is 3. The lowest BCUT2D eigenvalue weighted by Crippen LogP contribution is -2.25. The number of hydrogen-bond donors (Lipinski definition) is 0. The minimum absolute atomic E-state index is 0.0985. The summed E-state index contributed by atoms with van der Waals surface area (Å²) < 4.78 is 6.31. The summed E-state index contributed by atoms with van der Waals surface area (Å²) in [6.45, 7) is 9.26. The van der Waals surface area contributed by atoms with Gasteiger partial charge in [-0.3, -0.25) is 4.98 Å². The fraction of sp³-hybridized carbons (Fsp3) is 0.477. The van der Waals surface area contributed by atoms with Crippen LogP contribution in [0.2, 0.25) is 0 Å². The molecule has 1 unspecified atom stereocenters. The lowest BCUT2D eigenvalue weighted by molar-refractivity contribution is 0.306. The number of aromatic nitrogens is 1. The van der Waals surface area contributed by atoms with E-state index < -0.39 is 0 Å². The molecule has 4 aromatic rings. The smallest absolute Gasteiger partial charge is 0.120 e. The maximum atomic E-state index is 6.31. The predicted octanol–water partition coefficient (Wildman–Crippen LogP) is 13.1. The lowest BCUT2D eigenvalue weighted by atomic mass is 9.70. The van der Waals surface area contributed by atoms with Gasteiger partial charge in [0.25, 0.3) is 0 Å². The maximum absolute atomic E-state index is 6.31. The second kappa shape index (κ2) is 17.0. The average molecular weight is 616 g/mol. The molecule has 0 radical (unpaired) electrons. The molecule has 2 heteroatoms.